The number of nitrogens with one attached hydrogen (secondary N) is 1. The van der Waals surface area contributed by atoms with Crippen LogP contribution in [0.15, 0.2) is 0 Å². The van der Waals surface area contributed by atoms with Crippen molar-refractivity contribution >= 4 is 13.8 Å². The molecule has 0 saturated heterocycles. The van der Waals surface area contributed by atoms with Gasteiger partial charge in [-0.15, -0.1) is 0 Å². The molecule has 0 atom stereocenters. The highest BCUT2D eigenvalue weighted by Gasteiger charge is 2.08. The Hall–Kier alpha value is -0.660. The predicted octanol–water partition coefficient (Wildman–Crippen LogP) is -2.19. The Balaban J connectivity index is 0. The van der Waals surface area contributed by atoms with Crippen molar-refractivity contribution in [2.75, 3.05) is 0 Å². The van der Waals surface area contributed by atoms with Crippen molar-refractivity contribution in [3.63, 3.8) is 0 Å². The highest BCUT2D eigenvalue weighted by atomic mass is 31.2. The van der Waals surface area contributed by atoms with Crippen molar-refractivity contribution in [2.24, 2.45) is 17.4 Å². The van der Waals surface area contributed by atoms with Crippen LogP contribution in [0.3, 0.4) is 0 Å². The van der Waals surface area contributed by atoms with E-state index in [-0.39, 0.29) is 5.96 Å². The maximum absolute atomic E-state index is 9.35. The first-order chi connectivity index (χ1) is 4.29. The number of phosphoric acid groups is 1. The van der Waals surface area contributed by atoms with Crippen LogP contribution >= 0.6 is 7.82 Å². The van der Waals surface area contributed by atoms with Gasteiger partial charge in [0.25, 0.3) is 0 Å². The maximum Gasteiger partial charge on any atom is 0.485 e. The van der Waals surface area contributed by atoms with Crippen LogP contribution in [0.25, 0.3) is 0 Å². The molecular weight excluding hydrogens is 163 g/mol. The normalized spacial score (nSPS) is 9.50. The molecule has 0 amide bonds. The number of nitrogens with two attached hydrogens (primary N) is 3. The zero-order valence-electron chi connectivity index (χ0n) is 4.89. The lowest BCUT2D eigenvalue weighted by molar-refractivity contribution is 0.201. The highest BCUT2D eigenvalue weighted by molar-refractivity contribution is 7.46. The van der Waals surface area contributed by atoms with Crippen molar-refractivity contribution in [1.29, 1.82) is 5.41 Å². The van der Waals surface area contributed by atoms with Crippen LogP contribution in [0.4, 0.5) is 0 Å². The van der Waals surface area contributed by atoms with Crippen molar-refractivity contribution in [3.8, 4) is 0 Å². The van der Waals surface area contributed by atoms with Crippen LogP contribution in [0.2, 0.25) is 0 Å². The second kappa shape index (κ2) is 5.15. The zero-order chi connectivity index (χ0) is 8.78. The van der Waals surface area contributed by atoms with Gasteiger partial charge in [0.05, 0.1) is 0 Å². The molecule has 0 fully saturated rings. The average molecular weight is 172 g/mol. The van der Waals surface area contributed by atoms with E-state index >= 15 is 0 Å². The topological polar surface area (TPSA) is 169 Å². The van der Waals surface area contributed by atoms with Crippen molar-refractivity contribution in [3.05, 3.63) is 0 Å². The molecule has 0 aromatic rings. The fourth-order valence-corrected chi connectivity index (χ4v) is 0. The van der Waals surface area contributed by atoms with E-state index in [9.17, 15) is 4.57 Å². The van der Waals surface area contributed by atoms with Gasteiger partial charge >= 0.3 is 7.82 Å². The molecule has 0 rings (SSSR count). The van der Waals surface area contributed by atoms with Gasteiger partial charge in [-0.25, -0.2) is 15.1 Å². The second-order valence-corrected chi connectivity index (χ2v) is 2.24. The van der Waals surface area contributed by atoms with E-state index < -0.39 is 7.82 Å². The average Bonchev–Trinajstić information content (AvgIpc) is 1.63. The molecule has 0 spiro atoms. The van der Waals surface area contributed by atoms with Crippen LogP contribution in [-0.4, -0.2) is 15.7 Å². The Labute approximate surface area is 56.7 Å². The van der Waals surface area contributed by atoms with Gasteiger partial charge in [-0.3, -0.25) is 5.41 Å². The summed E-state index contributed by atoms with van der Waals surface area (Å²) in [6.45, 7) is 0. The smallest absolute Gasteiger partial charge is 0.370 e. The van der Waals surface area contributed by atoms with Crippen molar-refractivity contribution in [2.45, 2.75) is 0 Å². The fraction of sp³-hybridized carbons (Fsp3) is 0. The summed E-state index contributed by atoms with van der Waals surface area (Å²) in [6.07, 6.45) is 0. The fourth-order valence-electron chi connectivity index (χ4n) is 0. The maximum atomic E-state index is 9.35. The monoisotopic (exact) mass is 172 g/mol. The Morgan fingerprint density at radius 3 is 1.60 bits per heavy atom. The van der Waals surface area contributed by atoms with Gasteiger partial charge in [0.2, 0.25) is 0 Å². The van der Waals surface area contributed by atoms with Gasteiger partial charge in [0.15, 0.2) is 5.96 Å². The number of rotatable bonds is 1. The quantitative estimate of drug-likeness (QED) is 0.113. The van der Waals surface area contributed by atoms with Crippen LogP contribution in [0.5, 0.6) is 0 Å². The molecule has 0 heterocycles. The molecular formula is CH9N4O4P. The third kappa shape index (κ3) is 53.9. The first-order valence-electron chi connectivity index (χ1n) is 1.83. The molecule has 0 unspecified atom stereocenters. The molecule has 8 nitrogen and oxygen atoms in total. The van der Waals surface area contributed by atoms with E-state index in [4.69, 9.17) is 15.2 Å². The Kier molecular flexibility index (Phi) is 6.21. The summed E-state index contributed by atoms with van der Waals surface area (Å²) in [4.78, 5) is 15.2. The highest BCUT2D eigenvalue weighted by Crippen LogP contribution is 2.32. The zero-order valence-corrected chi connectivity index (χ0v) is 5.78. The SMILES string of the molecule is N=C(N)N.NOP(=O)(O)O. The second-order valence-electron chi connectivity index (χ2n) is 1.05. The van der Waals surface area contributed by atoms with E-state index in [1.54, 1.807) is 0 Å². The lowest BCUT2D eigenvalue weighted by Crippen LogP contribution is -2.20. The molecule has 0 saturated carbocycles. The van der Waals surface area contributed by atoms with Gasteiger partial charge in [-0.1, -0.05) is 0 Å². The summed E-state index contributed by atoms with van der Waals surface area (Å²) in [5, 5.41) is 6.06. The van der Waals surface area contributed by atoms with Crippen LogP contribution in [-0.2, 0) is 9.19 Å². The minimum atomic E-state index is -4.37. The number of hydrogen-bond donors (Lipinski definition) is 6. The van der Waals surface area contributed by atoms with Crippen LogP contribution < -0.4 is 17.4 Å². The summed E-state index contributed by atoms with van der Waals surface area (Å²) in [5.41, 5.74) is 8.94. The minimum absolute atomic E-state index is 0.333. The lowest BCUT2D eigenvalue weighted by Gasteiger charge is -1.92. The first-order valence-corrected chi connectivity index (χ1v) is 3.36. The molecule has 10 heavy (non-hydrogen) atoms. The third-order valence-corrected chi connectivity index (χ3v) is 0.412. The van der Waals surface area contributed by atoms with E-state index in [1.165, 1.54) is 0 Å². The largest absolute Gasteiger partial charge is 0.485 e. The van der Waals surface area contributed by atoms with Crippen LogP contribution in [0.1, 0.15) is 0 Å². The Morgan fingerprint density at radius 1 is 1.50 bits per heavy atom. The minimum Gasteiger partial charge on any atom is -0.370 e. The summed E-state index contributed by atoms with van der Waals surface area (Å²) in [6, 6.07) is 0. The molecule has 9 N–H and O–H groups in total. The van der Waals surface area contributed by atoms with Gasteiger partial charge in [0.1, 0.15) is 0 Å². The van der Waals surface area contributed by atoms with Crippen LogP contribution in [0, 0.1) is 5.41 Å². The standard InChI is InChI=1S/CH5N3.H4NO4P/c2-1(3)4;1-5-6(2,3)4/h(H5,2,3,4);1H2,(H2,2,3,4). The molecule has 0 radical (unpaired) electrons. The summed E-state index contributed by atoms with van der Waals surface area (Å²) < 4.78 is 12.5. The van der Waals surface area contributed by atoms with Crippen molar-refractivity contribution in [1.82, 2.24) is 0 Å². The Morgan fingerprint density at radius 2 is 1.60 bits per heavy atom. The van der Waals surface area contributed by atoms with Gasteiger partial charge < -0.3 is 21.3 Å². The van der Waals surface area contributed by atoms with E-state index in [1.807, 2.05) is 0 Å². The van der Waals surface area contributed by atoms with Crippen molar-refractivity contribution < 1.29 is 19.0 Å². The molecule has 0 aliphatic heterocycles. The predicted molar refractivity (Wildman–Crippen MR) is 33.4 cm³/mol. The molecule has 0 aliphatic carbocycles. The number of guanidine groups is 1. The summed E-state index contributed by atoms with van der Waals surface area (Å²) in [7, 11) is -4.37. The summed E-state index contributed by atoms with van der Waals surface area (Å²) >= 11 is 0. The Bertz CT molecular complexity index is 136. The van der Waals surface area contributed by atoms with E-state index in [2.05, 4.69) is 22.0 Å². The van der Waals surface area contributed by atoms with E-state index in [0.29, 0.717) is 0 Å². The summed E-state index contributed by atoms with van der Waals surface area (Å²) in [5.74, 6) is 3.71. The van der Waals surface area contributed by atoms with Gasteiger partial charge in [-0.2, -0.15) is 0 Å². The van der Waals surface area contributed by atoms with E-state index in [0.717, 1.165) is 0 Å². The molecule has 0 aromatic heterocycles. The number of hydrogen-bond acceptors (Lipinski definition) is 4. The molecule has 9 heteroatoms. The molecule has 0 aliphatic rings. The molecule has 0 aromatic carbocycles. The molecule has 62 valence electrons. The lowest BCUT2D eigenvalue weighted by atomic mass is 11.1. The van der Waals surface area contributed by atoms with Gasteiger partial charge in [-0.05, 0) is 0 Å². The third-order valence-electron chi connectivity index (χ3n) is 0.137. The molecule has 0 bridgehead atoms. The van der Waals surface area contributed by atoms with Gasteiger partial charge in [0, 0.05) is 0 Å². The first kappa shape index (κ1) is 12.1.